The van der Waals surface area contributed by atoms with Crippen LogP contribution in [0.25, 0.3) is 0 Å². The van der Waals surface area contributed by atoms with Crippen molar-refractivity contribution in [1.82, 2.24) is 0 Å². The minimum absolute atomic E-state index is 0.362. The van der Waals surface area contributed by atoms with Crippen molar-refractivity contribution >= 4 is 15.9 Å². The van der Waals surface area contributed by atoms with E-state index in [0.717, 1.165) is 0 Å². The zero-order valence-electron chi connectivity index (χ0n) is 12.0. The van der Waals surface area contributed by atoms with E-state index in [1.165, 1.54) is 55.0 Å². The third-order valence-corrected chi connectivity index (χ3v) is 5.34. The van der Waals surface area contributed by atoms with Gasteiger partial charge in [-0.25, -0.2) is 0 Å². The largest absolute Gasteiger partial charge is 0.0696 e. The van der Waals surface area contributed by atoms with Crippen LogP contribution >= 0.6 is 15.9 Å². The zero-order chi connectivity index (χ0) is 13.2. The van der Waals surface area contributed by atoms with Gasteiger partial charge in [0.15, 0.2) is 0 Å². The van der Waals surface area contributed by atoms with Crippen LogP contribution in [0.2, 0.25) is 0 Å². The Labute approximate surface area is 120 Å². The van der Waals surface area contributed by atoms with E-state index in [-0.39, 0.29) is 0 Å². The van der Waals surface area contributed by atoms with Crippen LogP contribution in [0.1, 0.15) is 65.7 Å². The molecule has 0 nitrogen and oxygen atoms in total. The number of halogens is 1. The summed E-state index contributed by atoms with van der Waals surface area (Å²) in [6.45, 7) is 7.09. The highest BCUT2D eigenvalue weighted by molar-refractivity contribution is 9.11. The van der Waals surface area contributed by atoms with Gasteiger partial charge in [-0.2, -0.15) is 0 Å². The van der Waals surface area contributed by atoms with Crippen molar-refractivity contribution in [3.63, 3.8) is 0 Å². The van der Waals surface area contributed by atoms with Crippen LogP contribution in [-0.4, -0.2) is 0 Å². The monoisotopic (exact) mass is 308 g/mol. The molecule has 0 heterocycles. The first-order valence-corrected chi connectivity index (χ1v) is 8.06. The molecule has 0 aliphatic heterocycles. The summed E-state index contributed by atoms with van der Waals surface area (Å²) in [5.41, 5.74) is 5.05. The van der Waals surface area contributed by atoms with Crippen LogP contribution in [0.5, 0.6) is 0 Å². The van der Waals surface area contributed by atoms with Crippen LogP contribution < -0.4 is 0 Å². The molecule has 0 saturated carbocycles. The number of allylic oxidation sites excluding steroid dienone is 6. The number of hydrogen-bond acceptors (Lipinski definition) is 0. The molecule has 2 rings (SSSR count). The standard InChI is InChI=1S/C17H25Br/c1-13-7-6-12-17(2,3)15(13)11-10-14-8-4-5-9-16(14)18/h10-11H,4-9,12H2,1-3H3. The van der Waals surface area contributed by atoms with E-state index in [2.05, 4.69) is 48.9 Å². The van der Waals surface area contributed by atoms with Crippen LogP contribution in [0.3, 0.4) is 0 Å². The van der Waals surface area contributed by atoms with Crippen molar-refractivity contribution in [3.05, 3.63) is 33.4 Å². The quantitative estimate of drug-likeness (QED) is 0.562. The topological polar surface area (TPSA) is 0 Å². The lowest BCUT2D eigenvalue weighted by Gasteiger charge is -2.33. The molecule has 0 bridgehead atoms. The molecule has 1 heteroatoms. The molecule has 0 N–H and O–H groups in total. The molecule has 0 fully saturated rings. The van der Waals surface area contributed by atoms with Crippen molar-refractivity contribution in [2.75, 3.05) is 0 Å². The third-order valence-electron chi connectivity index (χ3n) is 4.43. The average Bonchev–Trinajstić information content (AvgIpc) is 2.30. The summed E-state index contributed by atoms with van der Waals surface area (Å²) in [6, 6.07) is 0. The van der Waals surface area contributed by atoms with E-state index in [0.29, 0.717) is 5.41 Å². The highest BCUT2D eigenvalue weighted by Gasteiger charge is 2.26. The van der Waals surface area contributed by atoms with Crippen molar-refractivity contribution in [2.45, 2.75) is 65.7 Å². The summed E-state index contributed by atoms with van der Waals surface area (Å²) in [5, 5.41) is 0. The fraction of sp³-hybridized carbons (Fsp3) is 0.647. The van der Waals surface area contributed by atoms with E-state index in [4.69, 9.17) is 0 Å². The Bertz CT molecular complexity index is 407. The maximum absolute atomic E-state index is 3.74. The van der Waals surface area contributed by atoms with Gasteiger partial charge in [-0.05, 0) is 72.9 Å². The molecule has 0 radical (unpaired) electrons. The molecular formula is C17H25Br. The molecule has 0 amide bonds. The summed E-state index contributed by atoms with van der Waals surface area (Å²) in [6.07, 6.45) is 13.9. The van der Waals surface area contributed by atoms with E-state index in [9.17, 15) is 0 Å². The van der Waals surface area contributed by atoms with E-state index in [1.54, 1.807) is 11.1 Å². The van der Waals surface area contributed by atoms with E-state index >= 15 is 0 Å². The molecule has 18 heavy (non-hydrogen) atoms. The second-order valence-corrected chi connectivity index (χ2v) is 7.36. The summed E-state index contributed by atoms with van der Waals surface area (Å²) >= 11 is 3.74. The van der Waals surface area contributed by atoms with Gasteiger partial charge in [0.1, 0.15) is 0 Å². The maximum atomic E-state index is 3.74. The van der Waals surface area contributed by atoms with Crippen molar-refractivity contribution in [3.8, 4) is 0 Å². The smallest absolute Gasteiger partial charge is 0.00174 e. The van der Waals surface area contributed by atoms with Gasteiger partial charge in [-0.3, -0.25) is 0 Å². The first-order valence-electron chi connectivity index (χ1n) is 7.26. The van der Waals surface area contributed by atoms with Gasteiger partial charge < -0.3 is 0 Å². The molecule has 2 aliphatic rings. The van der Waals surface area contributed by atoms with Crippen molar-refractivity contribution < 1.29 is 0 Å². The normalized spacial score (nSPS) is 25.1. The number of rotatable bonds is 2. The van der Waals surface area contributed by atoms with Crippen molar-refractivity contribution in [2.24, 2.45) is 5.41 Å². The lowest BCUT2D eigenvalue weighted by atomic mass is 9.72. The Morgan fingerprint density at radius 2 is 1.72 bits per heavy atom. The lowest BCUT2D eigenvalue weighted by molar-refractivity contribution is 0.377. The minimum atomic E-state index is 0.362. The second kappa shape index (κ2) is 5.77. The Morgan fingerprint density at radius 1 is 1.00 bits per heavy atom. The van der Waals surface area contributed by atoms with Gasteiger partial charge in [-0.1, -0.05) is 47.5 Å². The predicted octanol–water partition coefficient (Wildman–Crippen LogP) is 6.29. The fourth-order valence-electron chi connectivity index (χ4n) is 3.26. The summed E-state index contributed by atoms with van der Waals surface area (Å²) in [5.74, 6) is 0. The van der Waals surface area contributed by atoms with Gasteiger partial charge in [-0.15, -0.1) is 0 Å². The Morgan fingerprint density at radius 3 is 2.39 bits per heavy atom. The molecule has 0 unspecified atom stereocenters. The van der Waals surface area contributed by atoms with Gasteiger partial charge in [0.05, 0.1) is 0 Å². The molecule has 0 aromatic heterocycles. The Balaban J connectivity index is 2.22. The molecule has 0 saturated heterocycles. The molecule has 0 spiro atoms. The van der Waals surface area contributed by atoms with Gasteiger partial charge in [0, 0.05) is 0 Å². The molecule has 100 valence electrons. The summed E-state index contributed by atoms with van der Waals surface area (Å²) in [4.78, 5) is 0. The average molecular weight is 309 g/mol. The van der Waals surface area contributed by atoms with Crippen LogP contribution in [0.15, 0.2) is 33.4 Å². The van der Waals surface area contributed by atoms with Gasteiger partial charge in [0.2, 0.25) is 0 Å². The second-order valence-electron chi connectivity index (χ2n) is 6.40. The third kappa shape index (κ3) is 3.17. The fourth-order valence-corrected chi connectivity index (χ4v) is 3.87. The first-order chi connectivity index (χ1) is 8.50. The molecule has 0 aromatic rings. The Hall–Kier alpha value is -0.300. The maximum Gasteiger partial charge on any atom is -0.00174 e. The van der Waals surface area contributed by atoms with Gasteiger partial charge in [0.25, 0.3) is 0 Å². The first kappa shape index (κ1) is 14.1. The van der Waals surface area contributed by atoms with Crippen LogP contribution in [0, 0.1) is 5.41 Å². The molecular weight excluding hydrogens is 284 g/mol. The van der Waals surface area contributed by atoms with E-state index in [1.807, 2.05) is 0 Å². The van der Waals surface area contributed by atoms with Crippen LogP contribution in [0.4, 0.5) is 0 Å². The van der Waals surface area contributed by atoms with E-state index < -0.39 is 0 Å². The zero-order valence-corrected chi connectivity index (χ0v) is 13.6. The number of hydrogen-bond donors (Lipinski definition) is 0. The molecule has 0 aromatic carbocycles. The SMILES string of the molecule is CC1=C(C=CC2=C(Br)CCCC2)C(C)(C)CCC1. The summed E-state index contributed by atoms with van der Waals surface area (Å²) < 4.78 is 1.43. The van der Waals surface area contributed by atoms with Crippen molar-refractivity contribution in [1.29, 1.82) is 0 Å². The predicted molar refractivity (Wildman–Crippen MR) is 83.9 cm³/mol. The van der Waals surface area contributed by atoms with Crippen LogP contribution in [-0.2, 0) is 0 Å². The molecule has 0 atom stereocenters. The highest BCUT2D eigenvalue weighted by Crippen LogP contribution is 2.41. The molecule has 2 aliphatic carbocycles. The Kier molecular flexibility index (Phi) is 4.53. The lowest BCUT2D eigenvalue weighted by Crippen LogP contribution is -2.19. The summed E-state index contributed by atoms with van der Waals surface area (Å²) in [7, 11) is 0. The minimum Gasteiger partial charge on any atom is -0.0696 e. The highest BCUT2D eigenvalue weighted by atomic mass is 79.9. The van der Waals surface area contributed by atoms with Gasteiger partial charge >= 0.3 is 0 Å².